The molecule has 0 radical (unpaired) electrons. The summed E-state index contributed by atoms with van der Waals surface area (Å²) in [6, 6.07) is 6.20. The van der Waals surface area contributed by atoms with Crippen LogP contribution in [0.25, 0.3) is 0 Å². The number of esters is 1. The Hall–Kier alpha value is -2.68. The number of nitrogens with one attached hydrogen (secondary N) is 2. The molecule has 9 heteroatoms. The van der Waals surface area contributed by atoms with Crippen LogP contribution in [0.15, 0.2) is 24.3 Å². The van der Waals surface area contributed by atoms with Crippen LogP contribution < -0.4 is 15.4 Å². The van der Waals surface area contributed by atoms with Gasteiger partial charge in [0.1, 0.15) is 17.9 Å². The molecule has 35 heavy (non-hydrogen) atoms. The predicted molar refractivity (Wildman–Crippen MR) is 137 cm³/mol. The van der Waals surface area contributed by atoms with E-state index >= 15 is 0 Å². The van der Waals surface area contributed by atoms with Crippen LogP contribution in [0.2, 0.25) is 0 Å². The van der Waals surface area contributed by atoms with Crippen LogP contribution in [0.4, 0.5) is 0 Å². The molecule has 1 aromatic carbocycles. The van der Waals surface area contributed by atoms with Gasteiger partial charge in [-0.15, -0.1) is 0 Å². The molecule has 3 rings (SSSR count). The quantitative estimate of drug-likeness (QED) is 0.285. The largest absolute Gasteiger partial charge is 0.493 e. The van der Waals surface area contributed by atoms with E-state index in [0.29, 0.717) is 31.0 Å². The minimum Gasteiger partial charge on any atom is -0.493 e. The lowest BCUT2D eigenvalue weighted by atomic mass is 9.98. The zero-order chi connectivity index (χ0) is 25.0. The van der Waals surface area contributed by atoms with Crippen LogP contribution in [0.1, 0.15) is 81.5 Å². The molecule has 2 aliphatic rings. The SMILES string of the molecule is CCCCCCOc1ccccc1C(=O)NC(=S)N1CCNC(=O)C1CC(=O)OC1CCCCC1. The van der Waals surface area contributed by atoms with Crippen LogP contribution in [-0.2, 0) is 14.3 Å². The number of para-hydroxylation sites is 1. The Kier molecular flexibility index (Phi) is 10.8. The zero-order valence-corrected chi connectivity index (χ0v) is 21.4. The van der Waals surface area contributed by atoms with Crippen molar-refractivity contribution in [3.63, 3.8) is 0 Å². The number of rotatable bonds is 10. The zero-order valence-electron chi connectivity index (χ0n) is 20.6. The normalized spacial score (nSPS) is 18.5. The molecule has 2 amide bonds. The fourth-order valence-electron chi connectivity index (χ4n) is 4.46. The third kappa shape index (κ3) is 8.19. The van der Waals surface area contributed by atoms with E-state index in [-0.39, 0.29) is 23.5 Å². The first-order valence-electron chi connectivity index (χ1n) is 12.8. The van der Waals surface area contributed by atoms with E-state index in [0.717, 1.165) is 57.8 Å². The number of nitrogens with zero attached hydrogens (tertiary/aromatic N) is 1. The van der Waals surface area contributed by atoms with Gasteiger partial charge in [0, 0.05) is 13.1 Å². The highest BCUT2D eigenvalue weighted by Crippen LogP contribution is 2.22. The Bertz CT molecular complexity index is 887. The van der Waals surface area contributed by atoms with Gasteiger partial charge >= 0.3 is 5.97 Å². The summed E-state index contributed by atoms with van der Waals surface area (Å²) in [7, 11) is 0. The van der Waals surface area contributed by atoms with Crippen molar-refractivity contribution >= 4 is 35.1 Å². The third-order valence-electron chi connectivity index (χ3n) is 6.41. The standard InChI is InChI=1S/C26H37N3O5S/c1-2-3-4-10-17-33-22-14-9-8-13-20(22)24(31)28-26(35)29-16-15-27-25(32)21(29)18-23(30)34-19-11-6-5-7-12-19/h8-9,13-14,19,21H,2-7,10-12,15-18H2,1H3,(H,27,32)(H,28,31,35). The van der Waals surface area contributed by atoms with Crippen LogP contribution in [-0.4, -0.2) is 59.6 Å². The maximum absolute atomic E-state index is 13.0. The molecule has 1 atom stereocenters. The topological polar surface area (TPSA) is 97.0 Å². The molecule has 8 nitrogen and oxygen atoms in total. The number of ether oxygens (including phenoxy) is 2. The first-order chi connectivity index (χ1) is 17.0. The van der Waals surface area contributed by atoms with Crippen molar-refractivity contribution in [1.82, 2.24) is 15.5 Å². The average Bonchev–Trinajstić information content (AvgIpc) is 2.86. The summed E-state index contributed by atoms with van der Waals surface area (Å²) in [5, 5.41) is 5.61. The molecule has 0 aromatic heterocycles. The van der Waals surface area contributed by atoms with Gasteiger partial charge in [-0.1, -0.05) is 44.7 Å². The van der Waals surface area contributed by atoms with Crippen molar-refractivity contribution < 1.29 is 23.9 Å². The van der Waals surface area contributed by atoms with Gasteiger partial charge in [0.15, 0.2) is 5.11 Å². The molecule has 1 heterocycles. The van der Waals surface area contributed by atoms with Crippen LogP contribution in [0.3, 0.4) is 0 Å². The van der Waals surface area contributed by atoms with Crippen LogP contribution >= 0.6 is 12.2 Å². The number of benzene rings is 1. The molecule has 1 aliphatic carbocycles. The van der Waals surface area contributed by atoms with Crippen molar-refractivity contribution in [2.45, 2.75) is 83.3 Å². The van der Waals surface area contributed by atoms with Crippen molar-refractivity contribution in [2.75, 3.05) is 19.7 Å². The van der Waals surface area contributed by atoms with E-state index in [4.69, 9.17) is 21.7 Å². The van der Waals surface area contributed by atoms with Crippen molar-refractivity contribution in [3.8, 4) is 5.75 Å². The molecule has 1 unspecified atom stereocenters. The maximum atomic E-state index is 13.0. The number of amides is 2. The van der Waals surface area contributed by atoms with Crippen molar-refractivity contribution in [1.29, 1.82) is 0 Å². The number of hydrogen-bond acceptors (Lipinski definition) is 6. The molecular formula is C26H37N3O5S. The molecule has 1 saturated carbocycles. The molecule has 2 fully saturated rings. The van der Waals surface area contributed by atoms with Crippen molar-refractivity contribution in [2.24, 2.45) is 0 Å². The summed E-state index contributed by atoms with van der Waals surface area (Å²) in [6.07, 6.45) is 9.08. The summed E-state index contributed by atoms with van der Waals surface area (Å²) in [6.45, 7) is 3.45. The molecule has 1 aliphatic heterocycles. The van der Waals surface area contributed by atoms with Gasteiger partial charge in [0.2, 0.25) is 5.91 Å². The van der Waals surface area contributed by atoms with Crippen LogP contribution in [0.5, 0.6) is 5.75 Å². The summed E-state index contributed by atoms with van der Waals surface area (Å²) in [5.74, 6) is -0.633. The Balaban J connectivity index is 1.59. The van der Waals surface area contributed by atoms with E-state index < -0.39 is 17.9 Å². The second kappa shape index (κ2) is 14.0. The highest BCUT2D eigenvalue weighted by atomic mass is 32.1. The minimum atomic E-state index is -0.822. The molecule has 192 valence electrons. The number of carbonyl (C=O) groups is 3. The lowest BCUT2D eigenvalue weighted by molar-refractivity contribution is -0.153. The first kappa shape index (κ1) is 26.9. The lowest BCUT2D eigenvalue weighted by Gasteiger charge is -2.36. The third-order valence-corrected chi connectivity index (χ3v) is 6.75. The predicted octanol–water partition coefficient (Wildman–Crippen LogP) is 3.73. The number of hydrogen-bond donors (Lipinski definition) is 2. The molecule has 0 bridgehead atoms. The fourth-order valence-corrected chi connectivity index (χ4v) is 4.77. The highest BCUT2D eigenvalue weighted by molar-refractivity contribution is 7.80. The molecular weight excluding hydrogens is 466 g/mol. The average molecular weight is 504 g/mol. The second-order valence-corrected chi connectivity index (χ2v) is 9.51. The van der Waals surface area contributed by atoms with Gasteiger partial charge in [0.25, 0.3) is 5.91 Å². The summed E-state index contributed by atoms with van der Waals surface area (Å²) in [5.41, 5.74) is 0.375. The summed E-state index contributed by atoms with van der Waals surface area (Å²) < 4.78 is 11.5. The molecule has 1 saturated heterocycles. The number of carbonyl (C=O) groups excluding carboxylic acids is 3. The second-order valence-electron chi connectivity index (χ2n) is 9.12. The van der Waals surface area contributed by atoms with Gasteiger partial charge < -0.3 is 19.7 Å². The van der Waals surface area contributed by atoms with E-state index in [1.54, 1.807) is 23.1 Å². The fraction of sp³-hybridized carbons (Fsp3) is 0.615. The number of unbranched alkanes of at least 4 members (excludes halogenated alkanes) is 3. The van der Waals surface area contributed by atoms with Gasteiger partial charge in [-0.05, 0) is 56.5 Å². The monoisotopic (exact) mass is 503 g/mol. The molecule has 1 aromatic rings. The Morgan fingerprint density at radius 2 is 1.91 bits per heavy atom. The Morgan fingerprint density at radius 3 is 2.69 bits per heavy atom. The van der Waals surface area contributed by atoms with E-state index in [9.17, 15) is 14.4 Å². The van der Waals surface area contributed by atoms with Crippen LogP contribution in [0, 0.1) is 0 Å². The molecule has 2 N–H and O–H groups in total. The smallest absolute Gasteiger partial charge is 0.308 e. The minimum absolute atomic E-state index is 0.0820. The molecule has 0 spiro atoms. The van der Waals surface area contributed by atoms with Gasteiger partial charge in [-0.3, -0.25) is 19.7 Å². The van der Waals surface area contributed by atoms with E-state index in [1.165, 1.54) is 0 Å². The number of piperazine rings is 1. The maximum Gasteiger partial charge on any atom is 0.308 e. The summed E-state index contributed by atoms with van der Waals surface area (Å²) in [4.78, 5) is 39.8. The van der Waals surface area contributed by atoms with Gasteiger partial charge in [-0.2, -0.15) is 0 Å². The number of thiocarbonyl (C=S) groups is 1. The summed E-state index contributed by atoms with van der Waals surface area (Å²) >= 11 is 5.49. The Labute approximate surface area is 213 Å². The Morgan fingerprint density at radius 1 is 1.14 bits per heavy atom. The first-order valence-corrected chi connectivity index (χ1v) is 13.2. The highest BCUT2D eigenvalue weighted by Gasteiger charge is 2.35. The lowest BCUT2D eigenvalue weighted by Crippen LogP contribution is -2.60. The van der Waals surface area contributed by atoms with E-state index in [2.05, 4.69) is 17.6 Å². The van der Waals surface area contributed by atoms with Crippen molar-refractivity contribution in [3.05, 3.63) is 29.8 Å². The van der Waals surface area contributed by atoms with Gasteiger partial charge in [0.05, 0.1) is 18.6 Å². The van der Waals surface area contributed by atoms with E-state index in [1.807, 2.05) is 6.07 Å². The van der Waals surface area contributed by atoms with Gasteiger partial charge in [-0.25, -0.2) is 0 Å².